The van der Waals surface area contributed by atoms with Crippen molar-refractivity contribution in [3.05, 3.63) is 59.8 Å². The summed E-state index contributed by atoms with van der Waals surface area (Å²) in [6.07, 6.45) is 0.668. The summed E-state index contributed by atoms with van der Waals surface area (Å²) in [5.41, 5.74) is 1.92. The molecule has 0 saturated carbocycles. The van der Waals surface area contributed by atoms with E-state index in [-0.39, 0.29) is 30.2 Å². The summed E-state index contributed by atoms with van der Waals surface area (Å²) < 4.78 is 16.7. The molecule has 0 atom stereocenters. The number of nitrogens with zero attached hydrogens (tertiary/aromatic N) is 1. The first-order chi connectivity index (χ1) is 15.9. The number of imide groups is 1. The van der Waals surface area contributed by atoms with Crippen molar-refractivity contribution in [1.82, 2.24) is 4.90 Å². The number of hydrogen-bond acceptors (Lipinski definition) is 6. The topological polar surface area (TPSA) is 77.1 Å². The molecule has 0 saturated heterocycles. The quantitative estimate of drug-likeness (QED) is 0.378. The van der Waals surface area contributed by atoms with Crippen LogP contribution in [0.25, 0.3) is 5.57 Å². The van der Waals surface area contributed by atoms with Crippen LogP contribution in [0.1, 0.15) is 39.7 Å². The van der Waals surface area contributed by atoms with Gasteiger partial charge in [-0.25, -0.2) is 0 Å². The molecule has 2 aromatic rings. The van der Waals surface area contributed by atoms with Crippen LogP contribution < -0.4 is 14.8 Å². The molecule has 0 unspecified atom stereocenters. The summed E-state index contributed by atoms with van der Waals surface area (Å²) >= 11 is 0. The zero-order chi connectivity index (χ0) is 23.8. The van der Waals surface area contributed by atoms with Crippen LogP contribution in [0.15, 0.2) is 54.2 Å². The van der Waals surface area contributed by atoms with E-state index in [1.807, 2.05) is 52.0 Å². The number of rotatable bonds is 12. The molecule has 1 heterocycles. The Labute approximate surface area is 195 Å². The number of carbonyl (C=O) groups excluding carboxylic acids is 2. The van der Waals surface area contributed by atoms with Crippen molar-refractivity contribution in [3.63, 3.8) is 0 Å². The maximum absolute atomic E-state index is 13.3. The molecular weight excluding hydrogens is 420 g/mol. The second kappa shape index (κ2) is 11.5. The Morgan fingerprint density at radius 3 is 2.27 bits per heavy atom. The highest BCUT2D eigenvalue weighted by atomic mass is 16.5. The normalized spacial score (nSPS) is 13.8. The van der Waals surface area contributed by atoms with Gasteiger partial charge in [0.25, 0.3) is 11.8 Å². The summed E-state index contributed by atoms with van der Waals surface area (Å²) in [5.74, 6) is 0.720. The van der Waals surface area contributed by atoms with Crippen molar-refractivity contribution in [2.45, 2.75) is 40.2 Å². The number of carbonyl (C=O) groups is 2. The number of amides is 2. The van der Waals surface area contributed by atoms with Crippen LogP contribution >= 0.6 is 0 Å². The van der Waals surface area contributed by atoms with Gasteiger partial charge in [0.1, 0.15) is 17.2 Å². The number of nitrogens with one attached hydrogen (secondary N) is 1. The Bertz CT molecular complexity index is 998. The Kier molecular flexibility index (Phi) is 8.49. The molecule has 176 valence electrons. The predicted octanol–water partition coefficient (Wildman–Crippen LogP) is 4.49. The summed E-state index contributed by atoms with van der Waals surface area (Å²) in [4.78, 5) is 27.9. The zero-order valence-corrected chi connectivity index (χ0v) is 19.7. The van der Waals surface area contributed by atoms with Gasteiger partial charge >= 0.3 is 0 Å². The molecule has 33 heavy (non-hydrogen) atoms. The lowest BCUT2D eigenvalue weighted by atomic mass is 10.0. The van der Waals surface area contributed by atoms with E-state index in [1.165, 1.54) is 4.90 Å². The van der Waals surface area contributed by atoms with Gasteiger partial charge in [-0.3, -0.25) is 14.5 Å². The van der Waals surface area contributed by atoms with Gasteiger partial charge in [0.2, 0.25) is 0 Å². The monoisotopic (exact) mass is 452 g/mol. The van der Waals surface area contributed by atoms with Crippen LogP contribution in [0, 0.1) is 0 Å². The van der Waals surface area contributed by atoms with E-state index in [9.17, 15) is 9.59 Å². The highest BCUT2D eigenvalue weighted by molar-refractivity contribution is 6.36. The third kappa shape index (κ3) is 6.14. The molecule has 2 amide bonds. The summed E-state index contributed by atoms with van der Waals surface area (Å²) in [5, 5.41) is 3.17. The summed E-state index contributed by atoms with van der Waals surface area (Å²) in [6.45, 7) is 9.58. The average molecular weight is 453 g/mol. The van der Waals surface area contributed by atoms with Crippen molar-refractivity contribution >= 4 is 23.1 Å². The van der Waals surface area contributed by atoms with Crippen molar-refractivity contribution in [1.29, 1.82) is 0 Å². The summed E-state index contributed by atoms with van der Waals surface area (Å²) in [7, 11) is 0. The molecule has 7 heteroatoms. The molecule has 3 rings (SSSR count). The van der Waals surface area contributed by atoms with Gasteiger partial charge < -0.3 is 19.5 Å². The number of hydrogen-bond donors (Lipinski definition) is 1. The lowest BCUT2D eigenvalue weighted by Crippen LogP contribution is -2.34. The van der Waals surface area contributed by atoms with Crippen LogP contribution in [0.3, 0.4) is 0 Å². The second-order valence-corrected chi connectivity index (χ2v) is 7.83. The van der Waals surface area contributed by atoms with E-state index in [1.54, 1.807) is 24.3 Å². The van der Waals surface area contributed by atoms with E-state index in [0.29, 0.717) is 54.6 Å². The highest BCUT2D eigenvalue weighted by Gasteiger charge is 2.38. The molecule has 1 aliphatic rings. The van der Waals surface area contributed by atoms with Crippen LogP contribution in [0.5, 0.6) is 11.5 Å². The van der Waals surface area contributed by atoms with Crippen LogP contribution in [-0.4, -0.2) is 49.2 Å². The Morgan fingerprint density at radius 1 is 0.909 bits per heavy atom. The number of ether oxygens (including phenoxy) is 3. The molecule has 7 nitrogen and oxygen atoms in total. The smallest absolute Gasteiger partial charge is 0.278 e. The molecule has 0 bridgehead atoms. The van der Waals surface area contributed by atoms with Crippen molar-refractivity contribution in [2.75, 3.05) is 31.7 Å². The predicted molar refractivity (Wildman–Crippen MR) is 128 cm³/mol. The fourth-order valence-electron chi connectivity index (χ4n) is 3.56. The van der Waals surface area contributed by atoms with E-state index in [2.05, 4.69) is 5.32 Å². The molecule has 0 radical (unpaired) electrons. The van der Waals surface area contributed by atoms with Crippen molar-refractivity contribution < 1.29 is 23.8 Å². The Hall–Kier alpha value is -3.32. The first-order valence-electron chi connectivity index (χ1n) is 11.4. The minimum atomic E-state index is -0.352. The minimum Gasteiger partial charge on any atom is -0.494 e. The Balaban J connectivity index is 1.90. The van der Waals surface area contributed by atoms with Gasteiger partial charge in [0.15, 0.2) is 0 Å². The zero-order valence-electron chi connectivity index (χ0n) is 19.7. The van der Waals surface area contributed by atoms with E-state index in [0.717, 1.165) is 0 Å². The minimum absolute atomic E-state index is 0.0994. The lowest BCUT2D eigenvalue weighted by Gasteiger charge is -2.16. The van der Waals surface area contributed by atoms with Crippen LogP contribution in [-0.2, 0) is 14.3 Å². The largest absolute Gasteiger partial charge is 0.494 e. The SMILES string of the molecule is CCOc1ccc(C2=C(Nc3cccc(OCC)c3)C(=O)N(CCCOC(C)C)C2=O)cc1. The van der Waals surface area contributed by atoms with E-state index < -0.39 is 0 Å². The van der Waals surface area contributed by atoms with Crippen LogP contribution in [0.4, 0.5) is 5.69 Å². The maximum atomic E-state index is 13.3. The van der Waals surface area contributed by atoms with Gasteiger partial charge in [0, 0.05) is 24.9 Å². The average Bonchev–Trinajstić information content (AvgIpc) is 3.02. The molecule has 0 aliphatic carbocycles. The first kappa shape index (κ1) is 24.3. The maximum Gasteiger partial charge on any atom is 0.278 e. The standard InChI is InChI=1S/C26H32N2O5/c1-5-31-21-13-11-19(12-14-21)23-24(27-20-9-7-10-22(17-20)32-6-2)26(30)28(25(23)29)15-8-16-33-18(3)4/h7,9-14,17-18,27H,5-6,8,15-16H2,1-4H3. The first-order valence-corrected chi connectivity index (χ1v) is 11.4. The third-order valence-electron chi connectivity index (χ3n) is 5.01. The Morgan fingerprint density at radius 2 is 1.61 bits per heavy atom. The molecular formula is C26H32N2O5. The van der Waals surface area contributed by atoms with Crippen molar-refractivity contribution in [3.8, 4) is 11.5 Å². The number of anilines is 1. The van der Waals surface area contributed by atoms with Gasteiger partial charge in [-0.05, 0) is 63.9 Å². The van der Waals surface area contributed by atoms with Gasteiger partial charge in [-0.2, -0.15) is 0 Å². The third-order valence-corrected chi connectivity index (χ3v) is 5.01. The lowest BCUT2D eigenvalue weighted by molar-refractivity contribution is -0.137. The molecule has 2 aromatic carbocycles. The molecule has 1 N–H and O–H groups in total. The van der Waals surface area contributed by atoms with Gasteiger partial charge in [-0.15, -0.1) is 0 Å². The fraction of sp³-hybridized carbons (Fsp3) is 0.385. The second-order valence-electron chi connectivity index (χ2n) is 7.83. The van der Waals surface area contributed by atoms with Crippen molar-refractivity contribution in [2.24, 2.45) is 0 Å². The molecule has 0 spiro atoms. The number of benzene rings is 2. The molecule has 0 aromatic heterocycles. The fourth-order valence-corrected chi connectivity index (χ4v) is 3.56. The van der Waals surface area contributed by atoms with Crippen LogP contribution in [0.2, 0.25) is 0 Å². The highest BCUT2D eigenvalue weighted by Crippen LogP contribution is 2.32. The van der Waals surface area contributed by atoms with E-state index in [4.69, 9.17) is 14.2 Å². The van der Waals surface area contributed by atoms with Gasteiger partial charge in [-0.1, -0.05) is 18.2 Å². The van der Waals surface area contributed by atoms with E-state index >= 15 is 0 Å². The molecule has 1 aliphatic heterocycles. The summed E-state index contributed by atoms with van der Waals surface area (Å²) in [6, 6.07) is 14.5. The molecule has 0 fully saturated rings. The van der Waals surface area contributed by atoms with Gasteiger partial charge in [0.05, 0.1) is 24.9 Å².